The molecule has 7 atom stereocenters. The zero-order valence-corrected chi connectivity index (χ0v) is 30.9. The number of hydrogen-bond acceptors (Lipinski definition) is 12. The number of aromatic hydroxyl groups is 1. The molecule has 8 heterocycles. The third-order valence-corrected chi connectivity index (χ3v) is 11.7. The number of ether oxygens (including phenoxy) is 3. The molecular weight excluding hydrogens is 704 g/mol. The summed E-state index contributed by atoms with van der Waals surface area (Å²) in [7, 11) is 0. The summed E-state index contributed by atoms with van der Waals surface area (Å²) in [6.45, 7) is 5.79. The molecule has 55 heavy (non-hydrogen) atoms. The van der Waals surface area contributed by atoms with Crippen LogP contribution in [-0.4, -0.2) is 67.8 Å². The van der Waals surface area contributed by atoms with Crippen molar-refractivity contribution in [2.45, 2.75) is 94.4 Å². The number of hydrogen-bond donors (Lipinski definition) is 7. The number of aliphatic hydroxyl groups excluding tert-OH is 1. The Hall–Kier alpha value is -5.60. The summed E-state index contributed by atoms with van der Waals surface area (Å²) in [6.07, 6.45) is 14.6. The fourth-order valence-electron chi connectivity index (χ4n) is 9.22. The number of phenols is 1. The van der Waals surface area contributed by atoms with Crippen LogP contribution < -0.4 is 32.3 Å². The number of aliphatic hydroxyl groups is 1. The molecule has 14 nitrogen and oxygen atoms in total. The van der Waals surface area contributed by atoms with E-state index in [2.05, 4.69) is 44.7 Å². The summed E-state index contributed by atoms with van der Waals surface area (Å²) in [5.41, 5.74) is 13.8. The number of carbonyl (C=O) groups is 1. The Morgan fingerprint density at radius 2 is 1.89 bits per heavy atom. The third kappa shape index (κ3) is 6.13. The lowest BCUT2D eigenvalue weighted by Gasteiger charge is -2.46. The fraction of sp³-hybridized carbons (Fsp3) is 0.415. The first-order valence-corrected chi connectivity index (χ1v) is 18.8. The normalized spacial score (nSPS) is 29.6. The molecule has 2 saturated heterocycles. The molecule has 0 bridgehead atoms. The molecule has 9 rings (SSSR count). The van der Waals surface area contributed by atoms with Crippen LogP contribution in [0.2, 0.25) is 0 Å². The number of dihydropyridines is 2. The van der Waals surface area contributed by atoms with Gasteiger partial charge in [-0.3, -0.25) is 4.79 Å². The van der Waals surface area contributed by atoms with Crippen LogP contribution in [0.15, 0.2) is 93.1 Å². The first-order chi connectivity index (χ1) is 26.3. The molecule has 14 heteroatoms. The molecule has 2 unspecified atom stereocenters. The van der Waals surface area contributed by atoms with Crippen molar-refractivity contribution in [1.82, 2.24) is 20.2 Å². The maximum atomic E-state index is 14.2. The predicted molar refractivity (Wildman–Crippen MR) is 204 cm³/mol. The Labute approximate surface area is 316 Å². The van der Waals surface area contributed by atoms with Gasteiger partial charge in [0.15, 0.2) is 11.0 Å². The summed E-state index contributed by atoms with van der Waals surface area (Å²) in [5.74, 6) is 0.133. The maximum absolute atomic E-state index is 14.2. The quantitative estimate of drug-likeness (QED) is 0.106. The van der Waals surface area contributed by atoms with Crippen molar-refractivity contribution in [3.63, 3.8) is 0 Å². The molecule has 288 valence electrons. The lowest BCUT2D eigenvalue weighted by molar-refractivity contribution is -0.175. The average Bonchev–Trinajstić information content (AvgIpc) is 3.41. The van der Waals surface area contributed by atoms with E-state index in [0.29, 0.717) is 54.5 Å². The molecule has 2 fully saturated rings. The van der Waals surface area contributed by atoms with Gasteiger partial charge in [-0.15, -0.1) is 0 Å². The topological polar surface area (TPSA) is 216 Å². The van der Waals surface area contributed by atoms with Crippen molar-refractivity contribution in [3.8, 4) is 11.5 Å². The highest BCUT2D eigenvalue weighted by Gasteiger charge is 2.66. The first kappa shape index (κ1) is 35.1. The number of benzene rings is 1. The summed E-state index contributed by atoms with van der Waals surface area (Å²) in [4.78, 5) is 30.4. The van der Waals surface area contributed by atoms with E-state index in [-0.39, 0.29) is 53.2 Å². The van der Waals surface area contributed by atoms with Crippen LogP contribution in [0.3, 0.4) is 0 Å². The molecule has 1 aromatic carbocycles. The number of allylic oxidation sites excluding steroid dienone is 2. The number of carbonyl (C=O) groups excluding carboxylic acids is 1. The maximum Gasteiger partial charge on any atom is 0.341 e. The highest BCUT2D eigenvalue weighted by Crippen LogP contribution is 2.55. The second kappa shape index (κ2) is 12.7. The molecule has 9 N–H and O–H groups in total. The van der Waals surface area contributed by atoms with Crippen LogP contribution in [0, 0.1) is 12.8 Å². The molecular formula is C41H46N6O8. The van der Waals surface area contributed by atoms with Crippen molar-refractivity contribution in [3.05, 3.63) is 105 Å². The van der Waals surface area contributed by atoms with E-state index >= 15 is 0 Å². The van der Waals surface area contributed by atoms with Crippen molar-refractivity contribution < 1.29 is 33.6 Å². The second-order valence-corrected chi connectivity index (χ2v) is 16.2. The van der Waals surface area contributed by atoms with Gasteiger partial charge in [0.05, 0.1) is 35.3 Å². The molecule has 1 spiro atoms. The highest BCUT2D eigenvalue weighted by molar-refractivity contribution is 5.88. The standard InChI is InChI=1S/C41H46N6O8/c1-20-8-29(49)36-30(52-20)14-31-35(37(36)50)26-9-22(19-48)15-41(39(51)53-38(26)40(2,3)54-31)32(55-41)5-4-21-10-27(46-33(42)11-21)24-12-25(45-34(43)13-24)17-47-16-23-6-7-44-28(23)18-47/h6-8,10-14,16,18,22,25-27,32,38,44-46,48,50H,4-5,9,15,17,19,42-43H2,1-3H3/t22-,25?,26+,27?,32+,38+,41-/m0/s1. The Kier molecular flexibility index (Phi) is 8.13. The zero-order chi connectivity index (χ0) is 38.4. The molecule has 5 aliphatic rings. The minimum absolute atomic E-state index is 0.0355. The van der Waals surface area contributed by atoms with E-state index in [4.69, 9.17) is 30.1 Å². The van der Waals surface area contributed by atoms with E-state index in [1.807, 2.05) is 38.3 Å². The highest BCUT2D eigenvalue weighted by atomic mass is 16.7. The van der Waals surface area contributed by atoms with Crippen molar-refractivity contribution in [1.29, 1.82) is 0 Å². The minimum Gasteiger partial charge on any atom is -0.507 e. The number of nitrogens with zero attached hydrogens (tertiary/aromatic N) is 1. The van der Waals surface area contributed by atoms with Gasteiger partial charge < -0.3 is 60.5 Å². The van der Waals surface area contributed by atoms with Gasteiger partial charge in [0.2, 0.25) is 0 Å². The Morgan fingerprint density at radius 1 is 1.07 bits per heavy atom. The number of aryl methyl sites for hydroxylation is 1. The SMILES string of the molecule is Cc1cc(=O)c2c(O)c3c(cc2o1)OC(C)(C)[C@@H]1OC(=O)[C@@]2(C[C@@H](CO)C[C@H]31)O[C@@H]2CCC1=CC(C2=CC(Cn3cc4cc[nH]c4c3)NC(N)=C2)NC(N)=C1. The molecule has 3 aromatic heterocycles. The van der Waals surface area contributed by atoms with E-state index in [0.717, 1.165) is 22.0 Å². The number of H-pyrrole nitrogens is 1. The number of esters is 1. The van der Waals surface area contributed by atoms with Gasteiger partial charge in [0.25, 0.3) is 0 Å². The summed E-state index contributed by atoms with van der Waals surface area (Å²) in [6, 6.07) is 4.74. The Balaban J connectivity index is 0.925. The molecule has 0 aliphatic carbocycles. The van der Waals surface area contributed by atoms with Gasteiger partial charge in [-0.05, 0) is 81.7 Å². The van der Waals surface area contributed by atoms with Crippen molar-refractivity contribution in [2.75, 3.05) is 6.61 Å². The summed E-state index contributed by atoms with van der Waals surface area (Å²) < 4.78 is 26.8. The Morgan fingerprint density at radius 3 is 2.69 bits per heavy atom. The number of phenolic OH excluding ortho intramolecular Hbond substituents is 1. The molecule has 0 amide bonds. The minimum atomic E-state index is -1.23. The molecule has 0 radical (unpaired) electrons. The van der Waals surface area contributed by atoms with Crippen LogP contribution in [0.4, 0.5) is 0 Å². The lowest BCUT2D eigenvalue weighted by Crippen LogP contribution is -2.54. The number of epoxide rings is 1. The van der Waals surface area contributed by atoms with Crippen LogP contribution in [-0.2, 0) is 20.8 Å². The summed E-state index contributed by atoms with van der Waals surface area (Å²) in [5, 5.41) is 30.1. The summed E-state index contributed by atoms with van der Waals surface area (Å²) >= 11 is 0. The van der Waals surface area contributed by atoms with E-state index in [1.165, 1.54) is 6.07 Å². The second-order valence-electron chi connectivity index (χ2n) is 16.2. The van der Waals surface area contributed by atoms with Crippen LogP contribution >= 0.6 is 0 Å². The van der Waals surface area contributed by atoms with E-state index in [1.54, 1.807) is 13.0 Å². The number of aromatic amines is 1. The number of rotatable bonds is 7. The zero-order valence-electron chi connectivity index (χ0n) is 30.9. The largest absolute Gasteiger partial charge is 0.507 e. The lowest BCUT2D eigenvalue weighted by atomic mass is 9.73. The third-order valence-electron chi connectivity index (χ3n) is 11.7. The van der Waals surface area contributed by atoms with Crippen LogP contribution in [0.5, 0.6) is 11.5 Å². The van der Waals surface area contributed by atoms with Gasteiger partial charge in [-0.2, -0.15) is 0 Å². The number of nitrogens with two attached hydrogens (primary N) is 2. The average molecular weight is 751 g/mol. The van der Waals surface area contributed by atoms with E-state index in [9.17, 15) is 19.8 Å². The molecule has 0 saturated carbocycles. The fourth-order valence-corrected chi connectivity index (χ4v) is 9.22. The smallest absolute Gasteiger partial charge is 0.341 e. The van der Waals surface area contributed by atoms with Crippen LogP contribution in [0.1, 0.15) is 56.8 Å². The van der Waals surface area contributed by atoms with E-state index < -0.39 is 35.3 Å². The van der Waals surface area contributed by atoms with Crippen LogP contribution in [0.25, 0.3) is 21.9 Å². The molecule has 4 aromatic rings. The van der Waals surface area contributed by atoms with Crippen molar-refractivity contribution in [2.24, 2.45) is 17.4 Å². The monoisotopic (exact) mass is 750 g/mol. The first-order valence-electron chi connectivity index (χ1n) is 18.8. The number of aromatic nitrogens is 2. The Bertz CT molecular complexity index is 2390. The number of nitrogens with one attached hydrogen (secondary N) is 3. The van der Waals surface area contributed by atoms with Gasteiger partial charge in [-0.25, -0.2) is 4.79 Å². The van der Waals surface area contributed by atoms with Gasteiger partial charge in [0, 0.05) is 60.7 Å². The predicted octanol–water partition coefficient (Wildman–Crippen LogP) is 3.67. The van der Waals surface area contributed by atoms with Gasteiger partial charge in [-0.1, -0.05) is 12.2 Å². The van der Waals surface area contributed by atoms with Gasteiger partial charge >= 0.3 is 5.97 Å². The number of fused-ring (bicyclic) bond motifs is 5. The van der Waals surface area contributed by atoms with Gasteiger partial charge in [0.1, 0.15) is 39.9 Å². The van der Waals surface area contributed by atoms with Crippen molar-refractivity contribution >= 4 is 27.8 Å². The molecule has 5 aliphatic heterocycles.